The first-order chi connectivity index (χ1) is 21.9. The lowest BCUT2D eigenvalue weighted by molar-refractivity contribution is -0.137. The van der Waals surface area contributed by atoms with Gasteiger partial charge in [0.2, 0.25) is 5.91 Å². The molecule has 0 bridgehead atoms. The number of amides is 1. The first-order valence-electron chi connectivity index (χ1n) is 15.7. The van der Waals surface area contributed by atoms with Gasteiger partial charge >= 0.3 is 5.97 Å². The highest BCUT2D eigenvalue weighted by Gasteiger charge is 2.22. The maximum absolute atomic E-state index is 13.1. The highest BCUT2D eigenvalue weighted by Crippen LogP contribution is 2.22. The fraction of sp³-hybridized carbons (Fsp3) is 0.289. The fourth-order valence-corrected chi connectivity index (χ4v) is 5.19. The van der Waals surface area contributed by atoms with Gasteiger partial charge in [0.05, 0.1) is 6.61 Å². The Hall–Kier alpha value is -4.91. The summed E-state index contributed by atoms with van der Waals surface area (Å²) in [5.74, 6) is -0.464. The van der Waals surface area contributed by atoms with E-state index in [1.54, 1.807) is 48.5 Å². The molecule has 7 heteroatoms. The van der Waals surface area contributed by atoms with E-state index in [0.717, 1.165) is 31.2 Å². The Morgan fingerprint density at radius 1 is 0.756 bits per heavy atom. The number of rotatable bonds is 18. The summed E-state index contributed by atoms with van der Waals surface area (Å²) in [4.78, 5) is 38.1. The molecule has 4 aromatic rings. The molecule has 0 spiro atoms. The molecule has 4 aromatic carbocycles. The summed E-state index contributed by atoms with van der Waals surface area (Å²) in [7, 11) is 0. The Labute approximate surface area is 265 Å². The highest BCUT2D eigenvalue weighted by atomic mass is 16.5. The molecule has 3 N–H and O–H groups in total. The molecule has 0 aliphatic heterocycles. The van der Waals surface area contributed by atoms with Crippen LogP contribution < -0.4 is 15.4 Å². The minimum Gasteiger partial charge on any atom is -0.494 e. The third-order valence-corrected chi connectivity index (χ3v) is 7.69. The van der Waals surface area contributed by atoms with Crippen LogP contribution in [0.3, 0.4) is 0 Å². The largest absolute Gasteiger partial charge is 0.494 e. The van der Waals surface area contributed by atoms with E-state index in [9.17, 15) is 19.5 Å². The number of carboxylic acid groups (broad SMARTS) is 1. The Morgan fingerprint density at radius 3 is 2.09 bits per heavy atom. The van der Waals surface area contributed by atoms with Gasteiger partial charge in [-0.05, 0) is 54.7 Å². The summed E-state index contributed by atoms with van der Waals surface area (Å²) >= 11 is 0. The van der Waals surface area contributed by atoms with Crippen LogP contribution in [0.1, 0.15) is 59.7 Å². The summed E-state index contributed by atoms with van der Waals surface area (Å²) < 4.78 is 5.88. The van der Waals surface area contributed by atoms with Crippen molar-refractivity contribution in [2.45, 2.75) is 51.5 Å². The number of benzene rings is 4. The Balaban J connectivity index is 1.25. The number of carbonyl (C=O) groups is 3. The van der Waals surface area contributed by atoms with Crippen molar-refractivity contribution in [2.24, 2.45) is 5.92 Å². The van der Waals surface area contributed by atoms with E-state index in [2.05, 4.69) is 29.7 Å². The van der Waals surface area contributed by atoms with Gasteiger partial charge in [-0.1, -0.05) is 105 Å². The molecule has 0 fully saturated rings. The van der Waals surface area contributed by atoms with Crippen LogP contribution in [0.25, 0.3) is 0 Å². The van der Waals surface area contributed by atoms with Crippen molar-refractivity contribution >= 4 is 23.3 Å². The number of ether oxygens (including phenoxy) is 1. The van der Waals surface area contributed by atoms with Crippen LogP contribution in [0.15, 0.2) is 109 Å². The predicted molar refractivity (Wildman–Crippen MR) is 178 cm³/mol. The molecular formula is C38H42N2O5. The van der Waals surface area contributed by atoms with E-state index in [1.165, 1.54) is 5.56 Å². The molecule has 2 atom stereocenters. The lowest BCUT2D eigenvalue weighted by Crippen LogP contribution is -2.33. The number of unbranched alkanes of at least 4 members (excludes halogenated alkanes) is 1. The summed E-state index contributed by atoms with van der Waals surface area (Å²) in [6.07, 6.45) is 4.59. The molecule has 7 nitrogen and oxygen atoms in total. The van der Waals surface area contributed by atoms with Gasteiger partial charge in [-0.2, -0.15) is 0 Å². The highest BCUT2D eigenvalue weighted by molar-refractivity contribution is 6.12. The molecule has 0 aliphatic carbocycles. The van der Waals surface area contributed by atoms with E-state index in [0.29, 0.717) is 42.1 Å². The van der Waals surface area contributed by atoms with Crippen LogP contribution in [0.4, 0.5) is 5.69 Å². The van der Waals surface area contributed by atoms with Gasteiger partial charge in [0.25, 0.3) is 0 Å². The van der Waals surface area contributed by atoms with Gasteiger partial charge in [0, 0.05) is 35.7 Å². The second-order valence-electron chi connectivity index (χ2n) is 11.1. The van der Waals surface area contributed by atoms with Crippen LogP contribution in [-0.4, -0.2) is 42.0 Å². The zero-order valence-electron chi connectivity index (χ0n) is 25.8. The van der Waals surface area contributed by atoms with Gasteiger partial charge in [0.15, 0.2) is 5.78 Å². The van der Waals surface area contributed by atoms with Crippen LogP contribution in [0.2, 0.25) is 0 Å². The summed E-state index contributed by atoms with van der Waals surface area (Å²) in [5.41, 5.74) is 3.42. The maximum Gasteiger partial charge on any atom is 0.326 e. The number of aliphatic carboxylic acids is 1. The molecule has 0 saturated carbocycles. The Kier molecular flexibility index (Phi) is 12.8. The van der Waals surface area contributed by atoms with Gasteiger partial charge in [0.1, 0.15) is 11.8 Å². The van der Waals surface area contributed by atoms with E-state index in [1.807, 2.05) is 48.5 Å². The van der Waals surface area contributed by atoms with Gasteiger partial charge < -0.3 is 20.5 Å². The standard InChI is InChI=1S/C38H42N2O5/c1-2-3-15-31(26-28-13-6-4-7-14-28)37(42)39-24-12-25-45-32-22-20-29(21-23-32)27-35(38(43)44)40-34-19-11-10-18-33(34)36(41)30-16-8-5-9-17-30/h4-11,13-14,16-23,31,35,40H,2-3,12,15,24-27H2,1H3,(H,39,42)(H,43,44). The SMILES string of the molecule is CCCCC(Cc1ccccc1)C(=O)NCCCOc1ccc(CC(Nc2ccccc2C(=O)c2ccccc2)C(=O)O)cc1. The number of ketones is 1. The number of para-hydroxylation sites is 1. The van der Waals surface area contributed by atoms with Crippen molar-refractivity contribution < 1.29 is 24.2 Å². The van der Waals surface area contributed by atoms with Gasteiger partial charge in [-0.15, -0.1) is 0 Å². The van der Waals surface area contributed by atoms with Crippen molar-refractivity contribution in [2.75, 3.05) is 18.5 Å². The minimum absolute atomic E-state index is 0.0391. The quantitative estimate of drug-likeness (QED) is 0.0836. The normalized spacial score (nSPS) is 12.1. The monoisotopic (exact) mass is 606 g/mol. The van der Waals surface area contributed by atoms with Crippen LogP contribution in [-0.2, 0) is 22.4 Å². The van der Waals surface area contributed by atoms with Crippen LogP contribution in [0.5, 0.6) is 5.75 Å². The molecule has 0 aromatic heterocycles. The van der Waals surface area contributed by atoms with Crippen molar-refractivity contribution in [1.29, 1.82) is 0 Å². The van der Waals surface area contributed by atoms with E-state index < -0.39 is 12.0 Å². The zero-order chi connectivity index (χ0) is 31.9. The molecule has 1 amide bonds. The maximum atomic E-state index is 13.1. The summed E-state index contributed by atoms with van der Waals surface area (Å²) in [6, 6.07) is 32.4. The smallest absolute Gasteiger partial charge is 0.326 e. The van der Waals surface area contributed by atoms with E-state index >= 15 is 0 Å². The topological polar surface area (TPSA) is 105 Å². The Morgan fingerprint density at radius 2 is 1.40 bits per heavy atom. The zero-order valence-corrected chi connectivity index (χ0v) is 25.8. The number of carboxylic acids is 1. The molecule has 0 aliphatic rings. The molecule has 4 rings (SSSR count). The molecule has 2 unspecified atom stereocenters. The van der Waals surface area contributed by atoms with Crippen molar-refractivity contribution in [1.82, 2.24) is 5.32 Å². The average molecular weight is 607 g/mol. The van der Waals surface area contributed by atoms with Crippen molar-refractivity contribution in [3.05, 3.63) is 131 Å². The van der Waals surface area contributed by atoms with Crippen LogP contribution in [0, 0.1) is 5.92 Å². The first kappa shape index (κ1) is 33.0. The van der Waals surface area contributed by atoms with Crippen molar-refractivity contribution in [3.8, 4) is 5.75 Å². The van der Waals surface area contributed by atoms with Crippen LogP contribution >= 0.6 is 0 Å². The average Bonchev–Trinajstić information content (AvgIpc) is 3.07. The second kappa shape index (κ2) is 17.4. The lowest BCUT2D eigenvalue weighted by atomic mass is 9.93. The third kappa shape index (κ3) is 10.3. The first-order valence-corrected chi connectivity index (χ1v) is 15.7. The summed E-state index contributed by atoms with van der Waals surface area (Å²) in [5, 5.41) is 16.1. The number of hydrogen-bond acceptors (Lipinski definition) is 5. The third-order valence-electron chi connectivity index (χ3n) is 7.69. The lowest BCUT2D eigenvalue weighted by Gasteiger charge is -2.18. The second-order valence-corrected chi connectivity index (χ2v) is 11.1. The minimum atomic E-state index is -1.01. The fourth-order valence-electron chi connectivity index (χ4n) is 5.19. The summed E-state index contributed by atoms with van der Waals surface area (Å²) in [6.45, 7) is 3.12. The number of anilines is 1. The molecule has 0 saturated heterocycles. The van der Waals surface area contributed by atoms with Gasteiger partial charge in [-0.3, -0.25) is 9.59 Å². The molecular weight excluding hydrogens is 564 g/mol. The van der Waals surface area contributed by atoms with E-state index in [4.69, 9.17) is 4.74 Å². The van der Waals surface area contributed by atoms with Crippen molar-refractivity contribution in [3.63, 3.8) is 0 Å². The predicted octanol–water partition coefficient (Wildman–Crippen LogP) is 6.96. The number of nitrogens with one attached hydrogen (secondary N) is 2. The number of carbonyl (C=O) groups excluding carboxylic acids is 2. The molecule has 0 radical (unpaired) electrons. The Bertz CT molecular complexity index is 1510. The molecule has 45 heavy (non-hydrogen) atoms. The molecule has 234 valence electrons. The van der Waals surface area contributed by atoms with E-state index in [-0.39, 0.29) is 24.0 Å². The van der Waals surface area contributed by atoms with Gasteiger partial charge in [-0.25, -0.2) is 4.79 Å². The molecule has 0 heterocycles. The number of hydrogen-bond donors (Lipinski definition) is 3.